The Bertz CT molecular complexity index is 1270. The third-order valence-corrected chi connectivity index (χ3v) is 6.90. The van der Waals surface area contributed by atoms with Crippen molar-refractivity contribution in [3.05, 3.63) is 64.2 Å². The smallest absolute Gasteiger partial charge is 0.265 e. The molecule has 4 heterocycles. The Hall–Kier alpha value is -3.30. The van der Waals surface area contributed by atoms with Gasteiger partial charge in [0.15, 0.2) is 10.8 Å². The number of aromatic nitrogens is 3. The summed E-state index contributed by atoms with van der Waals surface area (Å²) in [5.41, 5.74) is 2.87. The van der Waals surface area contributed by atoms with Gasteiger partial charge in [-0.2, -0.15) is 4.98 Å². The molecular weight excluding hydrogens is 438 g/mol. The average molecular weight is 464 g/mol. The topological polar surface area (TPSA) is 88.5 Å². The van der Waals surface area contributed by atoms with Crippen LogP contribution in [0.15, 0.2) is 45.3 Å². The number of benzene rings is 1. The van der Waals surface area contributed by atoms with E-state index in [1.54, 1.807) is 0 Å². The van der Waals surface area contributed by atoms with Crippen molar-refractivity contribution in [2.45, 2.75) is 27.3 Å². The maximum absolute atomic E-state index is 13.1. The highest BCUT2D eigenvalue weighted by Crippen LogP contribution is 2.30. The minimum Gasteiger partial charge on any atom is -0.459 e. The minimum atomic E-state index is 0.0265. The zero-order valence-electron chi connectivity index (χ0n) is 18.9. The number of rotatable bonds is 5. The number of amides is 1. The van der Waals surface area contributed by atoms with E-state index >= 15 is 0 Å². The van der Waals surface area contributed by atoms with Crippen molar-refractivity contribution < 1.29 is 13.7 Å². The maximum atomic E-state index is 13.1. The molecule has 1 saturated heterocycles. The summed E-state index contributed by atoms with van der Waals surface area (Å²) in [6, 6.07) is 11.8. The molecule has 0 bridgehead atoms. The van der Waals surface area contributed by atoms with Gasteiger partial charge in [0, 0.05) is 31.7 Å². The van der Waals surface area contributed by atoms with E-state index in [1.165, 1.54) is 16.9 Å². The van der Waals surface area contributed by atoms with Gasteiger partial charge in [-0.3, -0.25) is 9.69 Å². The van der Waals surface area contributed by atoms with Crippen LogP contribution < -0.4 is 0 Å². The third-order valence-electron chi connectivity index (χ3n) is 5.74. The highest BCUT2D eigenvalue weighted by atomic mass is 32.1. The van der Waals surface area contributed by atoms with Gasteiger partial charge in [0.1, 0.15) is 10.6 Å². The predicted molar refractivity (Wildman–Crippen MR) is 125 cm³/mol. The molecule has 0 radical (unpaired) electrons. The van der Waals surface area contributed by atoms with Crippen LogP contribution in [-0.4, -0.2) is 57.0 Å². The average Bonchev–Trinajstić information content (AvgIpc) is 3.54. The Morgan fingerprint density at radius 3 is 2.45 bits per heavy atom. The van der Waals surface area contributed by atoms with Crippen LogP contribution in [0.3, 0.4) is 0 Å². The molecule has 1 fully saturated rings. The standard InChI is InChI=1S/C24H25N5O3S/c1-15-4-7-18(8-5-15)22-26-20(32-27-22)14-28-10-12-29(13-11-28)24(30)21-17(3)25-23(33-21)19-9-6-16(2)31-19/h4-9H,10-14H2,1-3H3. The fourth-order valence-corrected chi connectivity index (χ4v) is 4.83. The molecule has 0 saturated carbocycles. The van der Waals surface area contributed by atoms with Crippen molar-refractivity contribution in [2.75, 3.05) is 26.2 Å². The second-order valence-corrected chi connectivity index (χ2v) is 9.29. The van der Waals surface area contributed by atoms with Crippen molar-refractivity contribution in [1.29, 1.82) is 0 Å². The molecule has 33 heavy (non-hydrogen) atoms. The quantitative estimate of drug-likeness (QED) is 0.435. The SMILES string of the molecule is Cc1ccc(-c2noc(CN3CCN(C(=O)c4sc(-c5ccc(C)o5)nc4C)CC3)n2)cc1. The Labute approximate surface area is 195 Å². The second-order valence-electron chi connectivity index (χ2n) is 8.29. The number of aryl methyl sites for hydroxylation is 3. The normalized spacial score (nSPS) is 14.7. The molecular formula is C24H25N5O3S. The number of carbonyl (C=O) groups excluding carboxylic acids is 1. The van der Waals surface area contributed by atoms with Gasteiger partial charge in [-0.15, -0.1) is 11.3 Å². The fraction of sp³-hybridized carbons (Fsp3) is 0.333. The number of nitrogens with zero attached hydrogens (tertiary/aromatic N) is 5. The first-order valence-electron chi connectivity index (χ1n) is 10.9. The van der Waals surface area contributed by atoms with Crippen molar-refractivity contribution >= 4 is 17.2 Å². The molecule has 8 nitrogen and oxygen atoms in total. The molecule has 5 rings (SSSR count). The monoisotopic (exact) mass is 463 g/mol. The lowest BCUT2D eigenvalue weighted by atomic mass is 10.1. The molecule has 1 aliphatic rings. The lowest BCUT2D eigenvalue weighted by Gasteiger charge is -2.33. The highest BCUT2D eigenvalue weighted by molar-refractivity contribution is 7.17. The number of thiazole rings is 1. The van der Waals surface area contributed by atoms with Crippen molar-refractivity contribution in [2.24, 2.45) is 0 Å². The van der Waals surface area contributed by atoms with Crippen LogP contribution in [-0.2, 0) is 6.54 Å². The molecule has 0 spiro atoms. The molecule has 0 N–H and O–H groups in total. The summed E-state index contributed by atoms with van der Waals surface area (Å²) in [7, 11) is 0. The van der Waals surface area contributed by atoms with E-state index in [0.717, 1.165) is 35.1 Å². The molecule has 0 unspecified atom stereocenters. The Balaban J connectivity index is 1.19. The van der Waals surface area contributed by atoms with Gasteiger partial charge in [-0.25, -0.2) is 4.98 Å². The van der Waals surface area contributed by atoms with Gasteiger partial charge in [-0.05, 0) is 32.9 Å². The number of furan rings is 1. The Kier molecular flexibility index (Phi) is 5.82. The summed E-state index contributed by atoms with van der Waals surface area (Å²) in [5.74, 6) is 2.74. The van der Waals surface area contributed by atoms with Crippen LogP contribution >= 0.6 is 11.3 Å². The summed E-state index contributed by atoms with van der Waals surface area (Å²) < 4.78 is 11.1. The van der Waals surface area contributed by atoms with Crippen LogP contribution in [0.1, 0.15) is 32.6 Å². The first kappa shape index (κ1) is 21.5. The van der Waals surface area contributed by atoms with E-state index in [4.69, 9.17) is 8.94 Å². The predicted octanol–water partition coefficient (Wildman–Crippen LogP) is 4.34. The molecule has 4 aromatic rings. The van der Waals surface area contributed by atoms with Gasteiger partial charge in [0.05, 0.1) is 12.2 Å². The van der Waals surface area contributed by atoms with E-state index < -0.39 is 0 Å². The first-order valence-corrected chi connectivity index (χ1v) is 11.7. The summed E-state index contributed by atoms with van der Waals surface area (Å²) in [6.45, 7) is 9.17. The second kappa shape index (κ2) is 8.92. The van der Waals surface area contributed by atoms with Crippen molar-refractivity contribution in [3.63, 3.8) is 0 Å². The van der Waals surface area contributed by atoms with E-state index in [0.29, 0.717) is 42.0 Å². The fourth-order valence-electron chi connectivity index (χ4n) is 3.83. The summed E-state index contributed by atoms with van der Waals surface area (Å²) in [4.78, 5) is 27.0. The van der Waals surface area contributed by atoms with Crippen LogP contribution in [0.5, 0.6) is 0 Å². The molecule has 1 aliphatic heterocycles. The van der Waals surface area contributed by atoms with Gasteiger partial charge in [0.25, 0.3) is 5.91 Å². The van der Waals surface area contributed by atoms with Gasteiger partial charge in [-0.1, -0.05) is 35.0 Å². The van der Waals surface area contributed by atoms with Crippen molar-refractivity contribution in [3.8, 4) is 22.2 Å². The number of piperazine rings is 1. The summed E-state index contributed by atoms with van der Waals surface area (Å²) >= 11 is 1.39. The van der Waals surface area contributed by atoms with Crippen LogP contribution in [0.4, 0.5) is 0 Å². The van der Waals surface area contributed by atoms with Crippen molar-refractivity contribution in [1.82, 2.24) is 24.9 Å². The first-order chi connectivity index (χ1) is 16.0. The third kappa shape index (κ3) is 4.60. The molecule has 170 valence electrons. The van der Waals surface area contributed by atoms with Crippen LogP contribution in [0, 0.1) is 20.8 Å². The largest absolute Gasteiger partial charge is 0.459 e. The molecule has 1 amide bonds. The van der Waals surface area contributed by atoms with Gasteiger partial charge >= 0.3 is 0 Å². The number of carbonyl (C=O) groups is 1. The molecule has 0 atom stereocenters. The maximum Gasteiger partial charge on any atom is 0.265 e. The molecule has 3 aromatic heterocycles. The minimum absolute atomic E-state index is 0.0265. The summed E-state index contributed by atoms with van der Waals surface area (Å²) in [6.07, 6.45) is 0. The molecule has 9 heteroatoms. The van der Waals surface area contributed by atoms with Crippen LogP contribution in [0.2, 0.25) is 0 Å². The van der Waals surface area contributed by atoms with E-state index in [-0.39, 0.29) is 5.91 Å². The zero-order valence-corrected chi connectivity index (χ0v) is 19.7. The van der Waals surface area contributed by atoms with Gasteiger partial charge in [0.2, 0.25) is 11.7 Å². The lowest BCUT2D eigenvalue weighted by molar-refractivity contribution is 0.0619. The number of hydrogen-bond acceptors (Lipinski definition) is 8. The summed E-state index contributed by atoms with van der Waals surface area (Å²) in [5, 5.41) is 4.85. The highest BCUT2D eigenvalue weighted by Gasteiger charge is 2.27. The zero-order chi connectivity index (χ0) is 22.9. The van der Waals surface area contributed by atoms with Crippen LogP contribution in [0.25, 0.3) is 22.2 Å². The number of hydrogen-bond donors (Lipinski definition) is 0. The lowest BCUT2D eigenvalue weighted by Crippen LogP contribution is -2.48. The molecule has 1 aromatic carbocycles. The van der Waals surface area contributed by atoms with Gasteiger partial charge < -0.3 is 13.8 Å². The molecule has 0 aliphatic carbocycles. The van der Waals surface area contributed by atoms with E-state index in [1.807, 2.05) is 62.1 Å². The Morgan fingerprint density at radius 2 is 1.76 bits per heavy atom. The van der Waals surface area contributed by atoms with E-state index in [2.05, 4.69) is 20.0 Å². The Morgan fingerprint density at radius 1 is 1.00 bits per heavy atom. The van der Waals surface area contributed by atoms with E-state index in [9.17, 15) is 4.79 Å².